The molecule has 2 aromatic carbocycles. The van der Waals surface area contributed by atoms with Gasteiger partial charge >= 0.3 is 6.18 Å². The Bertz CT molecular complexity index is 1060. The second-order valence-electron chi connectivity index (χ2n) is 9.54. The molecule has 192 valence electrons. The van der Waals surface area contributed by atoms with Crippen LogP contribution in [0, 0.1) is 5.82 Å². The molecule has 1 heterocycles. The van der Waals surface area contributed by atoms with E-state index < -0.39 is 23.2 Å². The van der Waals surface area contributed by atoms with Gasteiger partial charge in [-0.2, -0.15) is 13.2 Å². The predicted molar refractivity (Wildman–Crippen MR) is 136 cm³/mol. The van der Waals surface area contributed by atoms with E-state index in [9.17, 15) is 17.6 Å². The van der Waals surface area contributed by atoms with Gasteiger partial charge < -0.3 is 15.4 Å². The Kier molecular flexibility index (Phi) is 9.41. The molecule has 0 unspecified atom stereocenters. The van der Waals surface area contributed by atoms with Crippen molar-refractivity contribution >= 4 is 11.8 Å². The first-order chi connectivity index (χ1) is 16.3. The molecule has 1 aliphatic rings. The van der Waals surface area contributed by atoms with Crippen molar-refractivity contribution in [2.45, 2.75) is 65.6 Å². The quantitative estimate of drug-likeness (QED) is 0.400. The fraction of sp³-hybridized carbons (Fsp3) is 0.429. The summed E-state index contributed by atoms with van der Waals surface area (Å²) in [5.74, 6) is -0.174. The van der Waals surface area contributed by atoms with Gasteiger partial charge in [-0.05, 0) is 40.8 Å². The molecule has 0 fully saturated rings. The SMILES string of the molecule is C=C(NCc1cc(F)c(NC)c(C(F)(F)F)c1)C1=Cc2ccc(C(C)(C)C)cc2OC1.CCCC. The van der Waals surface area contributed by atoms with E-state index in [1.165, 1.54) is 19.9 Å². The Balaban J connectivity index is 0.00000100. The lowest BCUT2D eigenvalue weighted by atomic mass is 9.86. The molecule has 3 nitrogen and oxygen atoms in total. The van der Waals surface area contributed by atoms with E-state index in [2.05, 4.69) is 51.8 Å². The van der Waals surface area contributed by atoms with Crippen molar-refractivity contribution in [3.63, 3.8) is 0 Å². The van der Waals surface area contributed by atoms with Crippen LogP contribution in [0.3, 0.4) is 0 Å². The Hall–Kier alpha value is -2.96. The molecule has 0 aromatic heterocycles. The highest BCUT2D eigenvalue weighted by Crippen LogP contribution is 2.37. The van der Waals surface area contributed by atoms with E-state index in [1.807, 2.05) is 24.3 Å². The summed E-state index contributed by atoms with van der Waals surface area (Å²) in [6, 6.07) is 8.05. The van der Waals surface area contributed by atoms with Crippen LogP contribution in [0.5, 0.6) is 5.75 Å². The molecule has 2 aromatic rings. The maximum atomic E-state index is 14.2. The lowest BCUT2D eigenvalue weighted by molar-refractivity contribution is -0.137. The number of rotatable bonds is 6. The molecule has 0 saturated heterocycles. The number of fused-ring (bicyclic) bond motifs is 1. The second-order valence-corrected chi connectivity index (χ2v) is 9.54. The summed E-state index contributed by atoms with van der Waals surface area (Å²) < 4.78 is 59.8. The molecule has 0 amide bonds. The third-order valence-electron chi connectivity index (χ3n) is 5.69. The van der Waals surface area contributed by atoms with Gasteiger partial charge in [0.05, 0.1) is 11.3 Å². The third kappa shape index (κ3) is 7.51. The molecule has 35 heavy (non-hydrogen) atoms. The van der Waals surface area contributed by atoms with E-state index in [0.717, 1.165) is 34.6 Å². The van der Waals surface area contributed by atoms with E-state index >= 15 is 0 Å². The summed E-state index contributed by atoms with van der Waals surface area (Å²) in [6.07, 6.45) is -0.0893. The Labute approximate surface area is 206 Å². The number of hydrogen-bond donors (Lipinski definition) is 2. The Morgan fingerprint density at radius 3 is 2.26 bits per heavy atom. The Morgan fingerprint density at radius 2 is 1.71 bits per heavy atom. The van der Waals surface area contributed by atoms with Gasteiger partial charge in [0.15, 0.2) is 0 Å². The molecular formula is C28H36F4N2O. The number of anilines is 1. The first-order valence-electron chi connectivity index (χ1n) is 11.8. The summed E-state index contributed by atoms with van der Waals surface area (Å²) in [6.45, 7) is 15.0. The fourth-order valence-electron chi connectivity index (χ4n) is 3.37. The minimum absolute atomic E-state index is 0.000914. The monoisotopic (exact) mass is 492 g/mol. The van der Waals surface area contributed by atoms with Crippen molar-refractivity contribution in [3.05, 3.63) is 76.3 Å². The lowest BCUT2D eigenvalue weighted by Gasteiger charge is -2.24. The molecule has 0 bridgehead atoms. The number of alkyl halides is 3. The first kappa shape index (κ1) is 28.3. The minimum Gasteiger partial charge on any atom is -0.488 e. The van der Waals surface area contributed by atoms with Crippen molar-refractivity contribution in [2.24, 2.45) is 0 Å². The van der Waals surface area contributed by atoms with E-state index in [4.69, 9.17) is 4.74 Å². The van der Waals surface area contributed by atoms with Gasteiger partial charge in [0.25, 0.3) is 0 Å². The summed E-state index contributed by atoms with van der Waals surface area (Å²) in [5, 5.41) is 5.26. The summed E-state index contributed by atoms with van der Waals surface area (Å²) in [7, 11) is 1.26. The minimum atomic E-state index is -4.67. The average molecular weight is 493 g/mol. The lowest BCUT2D eigenvalue weighted by Crippen LogP contribution is -2.20. The van der Waals surface area contributed by atoms with Crippen molar-refractivity contribution in [1.29, 1.82) is 0 Å². The van der Waals surface area contributed by atoms with Crippen LogP contribution in [0.4, 0.5) is 23.2 Å². The van der Waals surface area contributed by atoms with Crippen LogP contribution in [0.25, 0.3) is 6.08 Å². The predicted octanol–water partition coefficient (Wildman–Crippen LogP) is 8.07. The summed E-state index contributed by atoms with van der Waals surface area (Å²) in [4.78, 5) is 0. The van der Waals surface area contributed by atoms with Crippen LogP contribution in [-0.4, -0.2) is 13.7 Å². The normalized spacial score (nSPS) is 13.0. The van der Waals surface area contributed by atoms with Crippen molar-refractivity contribution in [2.75, 3.05) is 19.0 Å². The highest BCUT2D eigenvalue weighted by atomic mass is 19.4. The second kappa shape index (κ2) is 11.6. The number of halogens is 4. The van der Waals surface area contributed by atoms with E-state index in [-0.39, 0.29) is 24.1 Å². The maximum Gasteiger partial charge on any atom is 0.418 e. The molecule has 3 rings (SSSR count). The highest BCUT2D eigenvalue weighted by Gasteiger charge is 2.35. The molecule has 0 spiro atoms. The van der Waals surface area contributed by atoms with Crippen LogP contribution < -0.4 is 15.4 Å². The van der Waals surface area contributed by atoms with Gasteiger partial charge in [0, 0.05) is 30.4 Å². The molecule has 0 aliphatic carbocycles. The van der Waals surface area contributed by atoms with Gasteiger partial charge in [-0.15, -0.1) is 0 Å². The average Bonchev–Trinajstić information content (AvgIpc) is 2.80. The van der Waals surface area contributed by atoms with Gasteiger partial charge in [0.1, 0.15) is 18.2 Å². The molecular weight excluding hydrogens is 456 g/mol. The fourth-order valence-corrected chi connectivity index (χ4v) is 3.37. The highest BCUT2D eigenvalue weighted by molar-refractivity contribution is 5.66. The zero-order chi connectivity index (χ0) is 26.4. The van der Waals surface area contributed by atoms with Gasteiger partial charge in [-0.3, -0.25) is 0 Å². The summed E-state index contributed by atoms with van der Waals surface area (Å²) in [5.41, 5.74) is 1.91. The number of unbranched alkanes of at least 4 members (excludes halogenated alkanes) is 1. The molecule has 0 saturated carbocycles. The number of benzene rings is 2. The van der Waals surface area contributed by atoms with Crippen LogP contribution in [-0.2, 0) is 18.1 Å². The molecule has 0 radical (unpaired) electrons. The molecule has 1 aliphatic heterocycles. The third-order valence-corrected chi connectivity index (χ3v) is 5.69. The standard InChI is InChI=1S/C24H26F4N2O.C4H10/c1-14(17-10-16-6-7-18(23(2,3)4)11-21(16)31-13-17)30-12-15-8-19(24(26,27)28)22(29-5)20(25)9-15;1-3-4-2/h6-11,29-30H,1,12-13H2,2-5H3;3-4H2,1-2H3. The Morgan fingerprint density at radius 1 is 1.06 bits per heavy atom. The smallest absolute Gasteiger partial charge is 0.418 e. The van der Waals surface area contributed by atoms with Crippen molar-refractivity contribution in [1.82, 2.24) is 5.32 Å². The van der Waals surface area contributed by atoms with Crippen LogP contribution in [0.2, 0.25) is 0 Å². The van der Waals surface area contributed by atoms with Crippen LogP contribution >= 0.6 is 0 Å². The molecule has 7 heteroatoms. The maximum absolute atomic E-state index is 14.2. The topological polar surface area (TPSA) is 33.3 Å². The van der Waals surface area contributed by atoms with Gasteiger partial charge in [-0.1, -0.05) is 66.2 Å². The van der Waals surface area contributed by atoms with E-state index in [0.29, 0.717) is 5.70 Å². The van der Waals surface area contributed by atoms with Crippen LogP contribution in [0.1, 0.15) is 69.7 Å². The van der Waals surface area contributed by atoms with Crippen molar-refractivity contribution < 1.29 is 22.3 Å². The van der Waals surface area contributed by atoms with E-state index in [1.54, 1.807) is 0 Å². The van der Waals surface area contributed by atoms with Crippen LogP contribution in [0.15, 0.2) is 48.2 Å². The van der Waals surface area contributed by atoms with Gasteiger partial charge in [-0.25, -0.2) is 4.39 Å². The summed E-state index contributed by atoms with van der Waals surface area (Å²) >= 11 is 0. The zero-order valence-corrected chi connectivity index (χ0v) is 21.4. The number of nitrogens with one attached hydrogen (secondary N) is 2. The molecule has 2 N–H and O–H groups in total. The number of ether oxygens (including phenoxy) is 1. The first-order valence-corrected chi connectivity index (χ1v) is 11.8. The van der Waals surface area contributed by atoms with Crippen molar-refractivity contribution in [3.8, 4) is 5.75 Å². The zero-order valence-electron chi connectivity index (χ0n) is 21.4. The van der Waals surface area contributed by atoms with Gasteiger partial charge in [0.2, 0.25) is 0 Å². The molecule has 0 atom stereocenters. The number of hydrogen-bond acceptors (Lipinski definition) is 3. The largest absolute Gasteiger partial charge is 0.488 e.